The minimum Gasteiger partial charge on any atom is -0.312 e. The van der Waals surface area contributed by atoms with E-state index in [2.05, 4.69) is 19.9 Å². The van der Waals surface area contributed by atoms with Crippen LogP contribution in [0.1, 0.15) is 12.5 Å². The first-order valence-corrected chi connectivity index (χ1v) is 9.81. The second-order valence-electron chi connectivity index (χ2n) is 6.28. The van der Waals surface area contributed by atoms with Crippen LogP contribution in [0.15, 0.2) is 53.8 Å². The minimum atomic E-state index is -4.46. The number of fused-ring (bicyclic) bond motifs is 1. The van der Waals surface area contributed by atoms with Crippen LogP contribution < -0.4 is 0 Å². The smallest absolute Gasteiger partial charge is 0.312 e. The summed E-state index contributed by atoms with van der Waals surface area (Å²) < 4.78 is 40.8. The van der Waals surface area contributed by atoms with Crippen LogP contribution >= 0.6 is 11.8 Å². The van der Waals surface area contributed by atoms with E-state index in [1.54, 1.807) is 41.8 Å². The van der Waals surface area contributed by atoms with E-state index in [-0.39, 0.29) is 5.52 Å². The lowest BCUT2D eigenvalue weighted by atomic mass is 10.1. The van der Waals surface area contributed by atoms with Crippen molar-refractivity contribution in [2.75, 3.05) is 5.75 Å². The van der Waals surface area contributed by atoms with Crippen molar-refractivity contribution in [3.8, 4) is 22.8 Å². The Balaban J connectivity index is 1.85. The highest BCUT2D eigenvalue weighted by atomic mass is 32.2. The van der Waals surface area contributed by atoms with Crippen LogP contribution in [0.5, 0.6) is 0 Å². The molecule has 0 saturated carbocycles. The molecule has 0 aliphatic carbocycles. The third-order valence-electron chi connectivity index (χ3n) is 4.38. The maximum Gasteiger partial charge on any atom is 0.417 e. The molecule has 0 N–H and O–H groups in total. The molecule has 0 atom stereocenters. The van der Waals surface area contributed by atoms with Crippen molar-refractivity contribution < 1.29 is 13.2 Å². The van der Waals surface area contributed by atoms with Gasteiger partial charge in [-0.15, -0.1) is 11.8 Å². The number of halogens is 3. The highest BCUT2D eigenvalue weighted by molar-refractivity contribution is 7.99. The van der Waals surface area contributed by atoms with Gasteiger partial charge in [-0.1, -0.05) is 13.0 Å². The molecule has 0 fully saturated rings. The number of hydrogen-bond donors (Lipinski definition) is 0. The Hall–Kier alpha value is -2.94. The number of thioether (sulfide) groups is 1. The average molecular weight is 415 g/mol. The van der Waals surface area contributed by atoms with Gasteiger partial charge in [0.25, 0.3) is 0 Å². The number of aromatic nitrogens is 5. The molecule has 4 rings (SSSR count). The van der Waals surface area contributed by atoms with Crippen LogP contribution in [0.4, 0.5) is 13.2 Å². The molecule has 3 aromatic heterocycles. The molecular formula is C20H16F3N5S. The number of pyridine rings is 1. The molecule has 0 bridgehead atoms. The Kier molecular flexibility index (Phi) is 4.99. The second kappa shape index (κ2) is 7.47. The van der Waals surface area contributed by atoms with Crippen LogP contribution in [-0.2, 0) is 13.2 Å². The third-order valence-corrected chi connectivity index (χ3v) is 5.32. The minimum absolute atomic E-state index is 0.209. The Morgan fingerprint density at radius 3 is 2.52 bits per heavy atom. The van der Waals surface area contributed by atoms with Crippen LogP contribution in [0.2, 0.25) is 0 Å². The molecule has 0 spiro atoms. The van der Waals surface area contributed by atoms with Crippen molar-refractivity contribution in [2.45, 2.75) is 18.0 Å². The third kappa shape index (κ3) is 3.69. The first-order valence-electron chi connectivity index (χ1n) is 8.82. The van der Waals surface area contributed by atoms with Gasteiger partial charge < -0.3 is 4.57 Å². The van der Waals surface area contributed by atoms with Crippen molar-refractivity contribution in [3.63, 3.8) is 0 Å². The van der Waals surface area contributed by atoms with Gasteiger partial charge in [0.15, 0.2) is 11.5 Å². The lowest BCUT2D eigenvalue weighted by Crippen LogP contribution is -2.05. The van der Waals surface area contributed by atoms with E-state index >= 15 is 0 Å². The normalized spacial score (nSPS) is 11.9. The Bertz CT molecular complexity index is 1170. The summed E-state index contributed by atoms with van der Waals surface area (Å²) >= 11 is 1.62. The Morgan fingerprint density at radius 1 is 1.07 bits per heavy atom. The monoisotopic (exact) mass is 415 g/mol. The first kappa shape index (κ1) is 19.4. The number of nitrogens with zero attached hydrogens (tertiary/aromatic N) is 5. The van der Waals surface area contributed by atoms with Crippen molar-refractivity contribution in [1.82, 2.24) is 24.5 Å². The zero-order chi connectivity index (χ0) is 20.6. The maximum absolute atomic E-state index is 13.0. The van der Waals surface area contributed by atoms with E-state index < -0.39 is 11.7 Å². The molecule has 0 aliphatic heterocycles. The van der Waals surface area contributed by atoms with Gasteiger partial charge in [0.1, 0.15) is 11.3 Å². The van der Waals surface area contributed by atoms with Gasteiger partial charge >= 0.3 is 6.18 Å². The predicted molar refractivity (Wildman–Crippen MR) is 106 cm³/mol. The van der Waals surface area contributed by atoms with E-state index in [9.17, 15) is 13.2 Å². The number of imidazole rings is 1. The Labute approximate surface area is 169 Å². The maximum atomic E-state index is 13.0. The standard InChI is InChI=1S/C20H16F3N5S/c1-3-29-16-9-12(17-24-7-4-8-25-17)5-6-14(16)18-27-15-10-13(20(21,22)23)11-26-19(15)28(18)2/h4-11H,3H2,1-2H3. The van der Waals surface area contributed by atoms with Gasteiger partial charge in [-0.2, -0.15) is 13.2 Å². The van der Waals surface area contributed by atoms with E-state index in [0.717, 1.165) is 34.0 Å². The number of alkyl halides is 3. The molecule has 0 aliphatic rings. The average Bonchev–Trinajstić information content (AvgIpc) is 3.04. The molecular weight excluding hydrogens is 399 g/mol. The summed E-state index contributed by atoms with van der Waals surface area (Å²) in [7, 11) is 1.75. The number of hydrogen-bond acceptors (Lipinski definition) is 5. The number of rotatable bonds is 4. The highest BCUT2D eigenvalue weighted by Gasteiger charge is 2.31. The summed E-state index contributed by atoms with van der Waals surface area (Å²) in [6, 6.07) is 8.55. The van der Waals surface area contributed by atoms with Crippen LogP contribution in [0, 0.1) is 0 Å². The topological polar surface area (TPSA) is 56.5 Å². The SMILES string of the molecule is CCSc1cc(-c2ncccn2)ccc1-c1nc2cc(C(F)(F)F)cnc2n1C. The van der Waals surface area contributed by atoms with Crippen LogP contribution in [-0.4, -0.2) is 30.3 Å². The molecule has 0 amide bonds. The molecule has 1 aromatic carbocycles. The lowest BCUT2D eigenvalue weighted by molar-refractivity contribution is -0.137. The van der Waals surface area contributed by atoms with Crippen molar-refractivity contribution >= 4 is 22.9 Å². The summed E-state index contributed by atoms with van der Waals surface area (Å²) in [4.78, 5) is 18.0. The quantitative estimate of drug-likeness (QED) is 0.428. The fourth-order valence-electron chi connectivity index (χ4n) is 3.04. The van der Waals surface area contributed by atoms with Crippen molar-refractivity contribution in [1.29, 1.82) is 0 Å². The highest BCUT2D eigenvalue weighted by Crippen LogP contribution is 2.36. The fourth-order valence-corrected chi connectivity index (χ4v) is 3.88. The summed E-state index contributed by atoms with van der Waals surface area (Å²) in [6.45, 7) is 2.03. The van der Waals surface area contributed by atoms with E-state index in [0.29, 0.717) is 17.3 Å². The van der Waals surface area contributed by atoms with E-state index in [4.69, 9.17) is 0 Å². The zero-order valence-corrected chi connectivity index (χ0v) is 16.4. The van der Waals surface area contributed by atoms with Gasteiger partial charge in [0.2, 0.25) is 0 Å². The summed E-state index contributed by atoms with van der Waals surface area (Å²) in [5.41, 5.74) is 1.48. The van der Waals surface area contributed by atoms with Gasteiger partial charge in [-0.05, 0) is 30.0 Å². The zero-order valence-electron chi connectivity index (χ0n) is 15.6. The molecule has 3 heterocycles. The molecule has 4 aromatic rings. The summed E-state index contributed by atoms with van der Waals surface area (Å²) in [5, 5.41) is 0. The summed E-state index contributed by atoms with van der Waals surface area (Å²) in [6.07, 6.45) is -0.263. The molecule has 0 radical (unpaired) electrons. The van der Waals surface area contributed by atoms with Gasteiger partial charge in [-0.3, -0.25) is 0 Å². The second-order valence-corrected chi connectivity index (χ2v) is 7.58. The predicted octanol–water partition coefficient (Wildman–Crippen LogP) is 5.22. The first-order chi connectivity index (χ1) is 13.9. The fraction of sp³-hybridized carbons (Fsp3) is 0.200. The van der Waals surface area contributed by atoms with Crippen molar-refractivity contribution in [2.24, 2.45) is 7.05 Å². The molecule has 5 nitrogen and oxygen atoms in total. The molecule has 9 heteroatoms. The molecule has 0 saturated heterocycles. The molecule has 0 unspecified atom stereocenters. The van der Waals surface area contributed by atoms with E-state index in [1.165, 1.54) is 0 Å². The Morgan fingerprint density at radius 2 is 1.83 bits per heavy atom. The number of aryl methyl sites for hydroxylation is 1. The largest absolute Gasteiger partial charge is 0.417 e. The van der Waals surface area contributed by atoms with Gasteiger partial charge in [0, 0.05) is 41.7 Å². The number of benzene rings is 1. The summed E-state index contributed by atoms with van der Waals surface area (Å²) in [5.74, 6) is 1.99. The van der Waals surface area contributed by atoms with Crippen LogP contribution in [0.25, 0.3) is 33.9 Å². The van der Waals surface area contributed by atoms with Crippen LogP contribution in [0.3, 0.4) is 0 Å². The van der Waals surface area contributed by atoms with Crippen molar-refractivity contribution in [3.05, 3.63) is 54.5 Å². The molecule has 148 valence electrons. The van der Waals surface area contributed by atoms with Gasteiger partial charge in [0.05, 0.1) is 5.56 Å². The van der Waals surface area contributed by atoms with Gasteiger partial charge in [-0.25, -0.2) is 19.9 Å². The van der Waals surface area contributed by atoms with E-state index in [1.807, 2.05) is 25.1 Å². The molecule has 29 heavy (non-hydrogen) atoms. The lowest BCUT2D eigenvalue weighted by Gasteiger charge is -2.10.